The zero-order valence-corrected chi connectivity index (χ0v) is 11.3. The van der Waals surface area contributed by atoms with E-state index in [-0.39, 0.29) is 12.4 Å². The minimum Gasteiger partial charge on any atom is -0.396 e. The molecule has 0 saturated heterocycles. The predicted molar refractivity (Wildman–Crippen MR) is 70.9 cm³/mol. The van der Waals surface area contributed by atoms with Crippen LogP contribution in [-0.4, -0.2) is 21.8 Å². The molecule has 17 heavy (non-hydrogen) atoms. The standard InChI is InChI=1S/C13H16Cl2O2/c1-10-4-6-11(7-5-10)12(17)13(14,15)8-2-3-9-16/h4-7,16H,2-3,8-9H2,1H3. The van der Waals surface area contributed by atoms with E-state index in [0.717, 1.165) is 5.56 Å². The molecule has 0 amide bonds. The van der Waals surface area contributed by atoms with Gasteiger partial charge in [0, 0.05) is 12.2 Å². The van der Waals surface area contributed by atoms with Gasteiger partial charge in [-0.25, -0.2) is 0 Å². The molecular weight excluding hydrogens is 259 g/mol. The summed E-state index contributed by atoms with van der Waals surface area (Å²) in [7, 11) is 0. The molecule has 0 bridgehead atoms. The monoisotopic (exact) mass is 274 g/mol. The molecule has 4 heteroatoms. The Balaban J connectivity index is 2.70. The summed E-state index contributed by atoms with van der Waals surface area (Å²) in [6, 6.07) is 7.15. The lowest BCUT2D eigenvalue weighted by atomic mass is 10.0. The first-order valence-electron chi connectivity index (χ1n) is 5.57. The van der Waals surface area contributed by atoms with Gasteiger partial charge in [0.15, 0.2) is 10.1 Å². The van der Waals surface area contributed by atoms with Crippen LogP contribution in [0.2, 0.25) is 0 Å². The molecule has 1 aromatic carbocycles. The lowest BCUT2D eigenvalue weighted by Crippen LogP contribution is -2.26. The van der Waals surface area contributed by atoms with Crippen LogP contribution in [0, 0.1) is 6.92 Å². The molecule has 0 aliphatic heterocycles. The van der Waals surface area contributed by atoms with Crippen molar-refractivity contribution in [3.05, 3.63) is 35.4 Å². The molecule has 0 aliphatic carbocycles. The number of unbranched alkanes of at least 4 members (excludes halogenated alkanes) is 1. The SMILES string of the molecule is Cc1ccc(C(=O)C(Cl)(Cl)CCCCO)cc1. The zero-order chi connectivity index (χ0) is 12.9. The Morgan fingerprint density at radius 1 is 1.24 bits per heavy atom. The third-order valence-electron chi connectivity index (χ3n) is 2.54. The van der Waals surface area contributed by atoms with Crippen LogP contribution in [0.3, 0.4) is 0 Å². The fourth-order valence-corrected chi connectivity index (χ4v) is 1.97. The number of aliphatic hydroxyl groups excluding tert-OH is 1. The summed E-state index contributed by atoms with van der Waals surface area (Å²) in [6.45, 7) is 2.03. The first-order valence-corrected chi connectivity index (χ1v) is 6.33. The van der Waals surface area contributed by atoms with Gasteiger partial charge in [0.25, 0.3) is 0 Å². The van der Waals surface area contributed by atoms with Crippen LogP contribution >= 0.6 is 23.2 Å². The van der Waals surface area contributed by atoms with Crippen LogP contribution in [-0.2, 0) is 0 Å². The quantitative estimate of drug-likeness (QED) is 0.490. The van der Waals surface area contributed by atoms with Gasteiger partial charge in [0.2, 0.25) is 0 Å². The molecular formula is C13H16Cl2O2. The lowest BCUT2D eigenvalue weighted by Gasteiger charge is -2.17. The number of ketones is 1. The number of hydrogen-bond acceptors (Lipinski definition) is 2. The molecule has 0 heterocycles. The zero-order valence-electron chi connectivity index (χ0n) is 9.75. The van der Waals surface area contributed by atoms with Crippen molar-refractivity contribution in [1.82, 2.24) is 0 Å². The Labute approximate surface area is 112 Å². The second kappa shape index (κ2) is 6.39. The van der Waals surface area contributed by atoms with Gasteiger partial charge in [0.05, 0.1) is 0 Å². The highest BCUT2D eigenvalue weighted by Crippen LogP contribution is 2.31. The molecule has 0 radical (unpaired) electrons. The van der Waals surface area contributed by atoms with Gasteiger partial charge in [-0.15, -0.1) is 0 Å². The number of rotatable bonds is 6. The maximum atomic E-state index is 12.0. The van der Waals surface area contributed by atoms with Gasteiger partial charge >= 0.3 is 0 Å². The fraction of sp³-hybridized carbons (Fsp3) is 0.462. The molecule has 0 fully saturated rings. The van der Waals surface area contributed by atoms with Crippen LogP contribution in [0.5, 0.6) is 0 Å². The summed E-state index contributed by atoms with van der Waals surface area (Å²) in [5.74, 6) is -0.279. The summed E-state index contributed by atoms with van der Waals surface area (Å²) >= 11 is 12.1. The van der Waals surface area contributed by atoms with Crippen molar-refractivity contribution in [3.8, 4) is 0 Å². The molecule has 0 atom stereocenters. The van der Waals surface area contributed by atoms with E-state index in [1.807, 2.05) is 19.1 Å². The molecule has 0 aliphatic rings. The number of alkyl halides is 2. The van der Waals surface area contributed by atoms with E-state index >= 15 is 0 Å². The highest BCUT2D eigenvalue weighted by molar-refractivity contribution is 6.59. The third kappa shape index (κ3) is 4.30. The number of carbonyl (C=O) groups is 1. The van der Waals surface area contributed by atoms with Crippen LogP contribution in [0.4, 0.5) is 0 Å². The van der Waals surface area contributed by atoms with Crippen molar-refractivity contribution in [2.75, 3.05) is 6.61 Å². The Hall–Kier alpha value is -0.570. The number of carbonyl (C=O) groups excluding carboxylic acids is 1. The van der Waals surface area contributed by atoms with Gasteiger partial charge in [-0.1, -0.05) is 53.0 Å². The molecule has 2 nitrogen and oxygen atoms in total. The maximum Gasteiger partial charge on any atom is 0.198 e. The van der Waals surface area contributed by atoms with E-state index in [0.29, 0.717) is 24.8 Å². The average molecular weight is 275 g/mol. The summed E-state index contributed by atoms with van der Waals surface area (Å²) in [6.07, 6.45) is 1.58. The highest BCUT2D eigenvalue weighted by Gasteiger charge is 2.33. The Bertz CT molecular complexity index is 372. The van der Waals surface area contributed by atoms with Gasteiger partial charge in [-0.2, -0.15) is 0 Å². The lowest BCUT2D eigenvalue weighted by molar-refractivity contribution is 0.0967. The van der Waals surface area contributed by atoms with Gasteiger partial charge < -0.3 is 5.11 Å². The van der Waals surface area contributed by atoms with Crippen molar-refractivity contribution < 1.29 is 9.90 Å². The fourth-order valence-electron chi connectivity index (χ4n) is 1.49. The van der Waals surface area contributed by atoms with E-state index in [1.54, 1.807) is 12.1 Å². The van der Waals surface area contributed by atoms with E-state index in [9.17, 15) is 4.79 Å². The van der Waals surface area contributed by atoms with Gasteiger partial charge in [-0.05, 0) is 26.2 Å². The number of halogens is 2. The molecule has 0 aromatic heterocycles. The summed E-state index contributed by atoms with van der Waals surface area (Å²) in [5, 5.41) is 8.68. The Morgan fingerprint density at radius 3 is 2.35 bits per heavy atom. The first-order chi connectivity index (χ1) is 7.97. The molecule has 0 spiro atoms. The summed E-state index contributed by atoms with van der Waals surface area (Å²) in [5.41, 5.74) is 1.60. The van der Waals surface area contributed by atoms with Crippen molar-refractivity contribution in [2.24, 2.45) is 0 Å². The second-order valence-electron chi connectivity index (χ2n) is 4.08. The summed E-state index contributed by atoms with van der Waals surface area (Å²) < 4.78 is -1.40. The van der Waals surface area contributed by atoms with Crippen molar-refractivity contribution in [1.29, 1.82) is 0 Å². The average Bonchev–Trinajstić information content (AvgIpc) is 2.29. The molecule has 94 valence electrons. The number of benzene rings is 1. The second-order valence-corrected chi connectivity index (χ2v) is 5.56. The van der Waals surface area contributed by atoms with Gasteiger partial charge in [-0.3, -0.25) is 4.79 Å². The number of Topliss-reactive ketones (excluding diaryl/α,β-unsaturated/α-hetero) is 1. The smallest absolute Gasteiger partial charge is 0.198 e. The largest absolute Gasteiger partial charge is 0.396 e. The Kier molecular flexibility index (Phi) is 5.44. The molecule has 0 unspecified atom stereocenters. The Morgan fingerprint density at radius 2 is 1.82 bits per heavy atom. The van der Waals surface area contributed by atoms with Crippen molar-refractivity contribution in [2.45, 2.75) is 30.5 Å². The topological polar surface area (TPSA) is 37.3 Å². The predicted octanol–water partition coefficient (Wildman–Crippen LogP) is 3.51. The first kappa shape index (κ1) is 14.5. The molecule has 1 rings (SSSR count). The van der Waals surface area contributed by atoms with E-state index in [4.69, 9.17) is 28.3 Å². The minimum absolute atomic E-state index is 0.0859. The van der Waals surface area contributed by atoms with Crippen LogP contribution in [0.1, 0.15) is 35.2 Å². The summed E-state index contributed by atoms with van der Waals surface area (Å²) in [4.78, 5) is 12.0. The van der Waals surface area contributed by atoms with Crippen LogP contribution < -0.4 is 0 Å². The third-order valence-corrected chi connectivity index (χ3v) is 3.27. The van der Waals surface area contributed by atoms with Crippen molar-refractivity contribution >= 4 is 29.0 Å². The van der Waals surface area contributed by atoms with E-state index in [2.05, 4.69) is 0 Å². The molecule has 1 N–H and O–H groups in total. The van der Waals surface area contributed by atoms with Crippen LogP contribution in [0.15, 0.2) is 24.3 Å². The highest BCUT2D eigenvalue weighted by atomic mass is 35.5. The number of aryl methyl sites for hydroxylation is 1. The van der Waals surface area contributed by atoms with Crippen LogP contribution in [0.25, 0.3) is 0 Å². The van der Waals surface area contributed by atoms with E-state index in [1.165, 1.54) is 0 Å². The number of aliphatic hydroxyl groups is 1. The van der Waals surface area contributed by atoms with Gasteiger partial charge in [0.1, 0.15) is 0 Å². The minimum atomic E-state index is -1.40. The number of hydrogen-bond donors (Lipinski definition) is 1. The molecule has 1 aromatic rings. The normalized spacial score (nSPS) is 11.5. The van der Waals surface area contributed by atoms with E-state index < -0.39 is 4.33 Å². The van der Waals surface area contributed by atoms with Crippen molar-refractivity contribution in [3.63, 3.8) is 0 Å². The molecule has 0 saturated carbocycles. The maximum absolute atomic E-state index is 12.0.